The van der Waals surface area contributed by atoms with Crippen LogP contribution in [0.5, 0.6) is 0 Å². The Hall–Kier alpha value is -0.410. The Morgan fingerprint density at radius 1 is 1.24 bits per heavy atom. The van der Waals surface area contributed by atoms with Gasteiger partial charge in [0.2, 0.25) is 0 Å². The van der Waals surface area contributed by atoms with Gasteiger partial charge in [0.05, 0.1) is 6.10 Å². The molecular weight excluding hydrogens is 283 g/mol. The van der Waals surface area contributed by atoms with Gasteiger partial charge in [-0.2, -0.15) is 0 Å². The highest BCUT2D eigenvalue weighted by Crippen LogP contribution is 2.27. The maximum Gasteiger partial charge on any atom is 0.124 e. The van der Waals surface area contributed by atoms with Crippen molar-refractivity contribution in [2.45, 2.75) is 44.6 Å². The fourth-order valence-electron chi connectivity index (χ4n) is 2.68. The van der Waals surface area contributed by atoms with Crippen molar-refractivity contribution in [1.29, 1.82) is 0 Å². The third-order valence-corrected chi connectivity index (χ3v) is 3.91. The predicted octanol–water partition coefficient (Wildman–Crippen LogP) is 4.07. The molecule has 0 radical (unpaired) electrons. The molecule has 0 bridgehead atoms. The summed E-state index contributed by atoms with van der Waals surface area (Å²) in [6.07, 6.45) is 5.92. The Balaban J connectivity index is 2.03. The second-order valence-electron chi connectivity index (χ2n) is 5.02. The summed E-state index contributed by atoms with van der Waals surface area (Å²) in [6, 6.07) is 5.05. The van der Waals surface area contributed by atoms with Crippen molar-refractivity contribution in [1.82, 2.24) is 0 Å². The molecule has 0 spiro atoms. The van der Waals surface area contributed by atoms with E-state index in [1.165, 1.54) is 12.5 Å². The molecule has 0 aromatic heterocycles. The Morgan fingerprint density at radius 3 is 2.76 bits per heavy atom. The zero-order valence-corrected chi connectivity index (χ0v) is 11.4. The first-order valence-electron chi connectivity index (χ1n) is 6.26. The lowest BCUT2D eigenvalue weighted by molar-refractivity contribution is 0.141. The van der Waals surface area contributed by atoms with Gasteiger partial charge in [0.1, 0.15) is 5.82 Å². The van der Waals surface area contributed by atoms with Crippen LogP contribution in [0, 0.1) is 11.7 Å². The Morgan fingerprint density at radius 2 is 2.00 bits per heavy atom. The Bertz CT molecular complexity index is 360. The van der Waals surface area contributed by atoms with Gasteiger partial charge in [-0.15, -0.1) is 0 Å². The van der Waals surface area contributed by atoms with E-state index in [0.29, 0.717) is 5.92 Å². The SMILES string of the molecule is OC1CCCCC(Cc2cc(F)cc(Br)c2)C1. The molecule has 0 aliphatic heterocycles. The third-order valence-electron chi connectivity index (χ3n) is 3.45. The largest absolute Gasteiger partial charge is 0.393 e. The number of aliphatic hydroxyl groups excluding tert-OH is 1. The molecular formula is C14H18BrFO. The lowest BCUT2D eigenvalue weighted by Gasteiger charge is -2.16. The van der Waals surface area contributed by atoms with E-state index in [4.69, 9.17) is 0 Å². The van der Waals surface area contributed by atoms with Crippen LogP contribution in [-0.2, 0) is 6.42 Å². The number of benzene rings is 1. The summed E-state index contributed by atoms with van der Waals surface area (Å²) in [7, 11) is 0. The number of aliphatic hydroxyl groups is 1. The smallest absolute Gasteiger partial charge is 0.124 e. The van der Waals surface area contributed by atoms with Gasteiger partial charge in [-0.25, -0.2) is 4.39 Å². The minimum Gasteiger partial charge on any atom is -0.393 e. The topological polar surface area (TPSA) is 20.2 Å². The summed E-state index contributed by atoms with van der Waals surface area (Å²) in [5, 5.41) is 9.76. The highest BCUT2D eigenvalue weighted by Gasteiger charge is 2.18. The molecule has 0 saturated heterocycles. The monoisotopic (exact) mass is 300 g/mol. The number of rotatable bonds is 2. The summed E-state index contributed by atoms with van der Waals surface area (Å²) < 4.78 is 14.1. The molecule has 1 fully saturated rings. The summed E-state index contributed by atoms with van der Waals surface area (Å²) in [5.41, 5.74) is 1.02. The number of hydrogen-bond acceptors (Lipinski definition) is 1. The van der Waals surface area contributed by atoms with Crippen molar-refractivity contribution in [2.75, 3.05) is 0 Å². The predicted molar refractivity (Wildman–Crippen MR) is 70.4 cm³/mol. The first-order chi connectivity index (χ1) is 8.13. The van der Waals surface area contributed by atoms with E-state index in [2.05, 4.69) is 15.9 Å². The molecule has 1 N–H and O–H groups in total. The minimum absolute atomic E-state index is 0.167. The highest BCUT2D eigenvalue weighted by atomic mass is 79.9. The van der Waals surface area contributed by atoms with E-state index in [1.807, 2.05) is 6.07 Å². The zero-order chi connectivity index (χ0) is 12.3. The first-order valence-corrected chi connectivity index (χ1v) is 7.06. The normalized spacial score (nSPS) is 25.6. The molecule has 2 rings (SSSR count). The maximum absolute atomic E-state index is 13.3. The van der Waals surface area contributed by atoms with Crippen LogP contribution in [0.2, 0.25) is 0 Å². The van der Waals surface area contributed by atoms with Gasteiger partial charge in [0, 0.05) is 4.47 Å². The van der Waals surface area contributed by atoms with E-state index in [9.17, 15) is 9.50 Å². The van der Waals surface area contributed by atoms with Crippen LogP contribution in [0.25, 0.3) is 0 Å². The molecule has 17 heavy (non-hydrogen) atoms. The van der Waals surface area contributed by atoms with E-state index in [1.54, 1.807) is 6.07 Å². The molecule has 2 unspecified atom stereocenters. The van der Waals surface area contributed by atoms with Crippen molar-refractivity contribution >= 4 is 15.9 Å². The van der Waals surface area contributed by atoms with Gasteiger partial charge in [0.25, 0.3) is 0 Å². The average Bonchev–Trinajstić information content (AvgIpc) is 2.41. The summed E-state index contributed by atoms with van der Waals surface area (Å²) in [4.78, 5) is 0. The van der Waals surface area contributed by atoms with E-state index in [0.717, 1.165) is 42.1 Å². The second-order valence-corrected chi connectivity index (χ2v) is 5.94. The summed E-state index contributed by atoms with van der Waals surface area (Å²) in [5.74, 6) is 0.296. The van der Waals surface area contributed by atoms with Gasteiger partial charge in [-0.05, 0) is 48.9 Å². The lowest BCUT2D eigenvalue weighted by Crippen LogP contribution is -2.12. The van der Waals surface area contributed by atoms with Crippen LogP contribution in [0.4, 0.5) is 4.39 Å². The fourth-order valence-corrected chi connectivity index (χ4v) is 3.19. The zero-order valence-electron chi connectivity index (χ0n) is 9.83. The van der Waals surface area contributed by atoms with Crippen molar-refractivity contribution < 1.29 is 9.50 Å². The summed E-state index contributed by atoms with van der Waals surface area (Å²) in [6.45, 7) is 0. The van der Waals surface area contributed by atoms with E-state index >= 15 is 0 Å². The van der Waals surface area contributed by atoms with Gasteiger partial charge in [-0.1, -0.05) is 35.2 Å². The molecule has 1 aliphatic rings. The summed E-state index contributed by atoms with van der Waals surface area (Å²) >= 11 is 3.32. The van der Waals surface area contributed by atoms with Crippen molar-refractivity contribution in [3.05, 3.63) is 34.1 Å². The van der Waals surface area contributed by atoms with E-state index in [-0.39, 0.29) is 11.9 Å². The molecule has 1 nitrogen and oxygen atoms in total. The quantitative estimate of drug-likeness (QED) is 0.816. The molecule has 94 valence electrons. The number of hydrogen-bond donors (Lipinski definition) is 1. The Labute approximate surface area is 110 Å². The molecule has 1 aliphatic carbocycles. The Kier molecular flexibility index (Phi) is 4.57. The van der Waals surface area contributed by atoms with Crippen LogP contribution in [0.15, 0.2) is 22.7 Å². The van der Waals surface area contributed by atoms with Crippen LogP contribution < -0.4 is 0 Å². The van der Waals surface area contributed by atoms with Crippen LogP contribution in [0.1, 0.15) is 37.7 Å². The van der Waals surface area contributed by atoms with E-state index < -0.39 is 0 Å². The van der Waals surface area contributed by atoms with Crippen molar-refractivity contribution in [3.63, 3.8) is 0 Å². The van der Waals surface area contributed by atoms with Crippen LogP contribution in [0.3, 0.4) is 0 Å². The molecule has 1 aromatic rings. The molecule has 1 aromatic carbocycles. The number of halogens is 2. The van der Waals surface area contributed by atoms with Crippen LogP contribution >= 0.6 is 15.9 Å². The van der Waals surface area contributed by atoms with Gasteiger partial charge < -0.3 is 5.11 Å². The van der Waals surface area contributed by atoms with Gasteiger partial charge in [0.15, 0.2) is 0 Å². The molecule has 0 heterocycles. The molecule has 0 amide bonds. The molecule has 3 heteroatoms. The highest BCUT2D eigenvalue weighted by molar-refractivity contribution is 9.10. The van der Waals surface area contributed by atoms with Gasteiger partial charge >= 0.3 is 0 Å². The van der Waals surface area contributed by atoms with Crippen molar-refractivity contribution in [3.8, 4) is 0 Å². The van der Waals surface area contributed by atoms with Crippen LogP contribution in [-0.4, -0.2) is 11.2 Å². The van der Waals surface area contributed by atoms with Gasteiger partial charge in [-0.3, -0.25) is 0 Å². The standard InChI is InChI=1S/C14H18BrFO/c15-12-6-11(7-13(16)9-12)5-10-3-1-2-4-14(17)8-10/h6-7,9-10,14,17H,1-5,8H2. The second kappa shape index (κ2) is 5.96. The molecule has 1 saturated carbocycles. The first kappa shape index (κ1) is 13.0. The van der Waals surface area contributed by atoms with Crippen molar-refractivity contribution in [2.24, 2.45) is 5.92 Å². The molecule has 2 atom stereocenters. The average molecular weight is 301 g/mol. The maximum atomic E-state index is 13.3. The lowest BCUT2D eigenvalue weighted by atomic mass is 9.92. The fraction of sp³-hybridized carbons (Fsp3) is 0.571. The third kappa shape index (κ3) is 4.07. The minimum atomic E-state index is -0.191.